The van der Waals surface area contributed by atoms with Gasteiger partial charge in [0.2, 0.25) is 0 Å². The Morgan fingerprint density at radius 1 is 1.18 bits per heavy atom. The lowest BCUT2D eigenvalue weighted by atomic mass is 10.1. The normalized spacial score (nSPS) is 9.59. The molecule has 3 nitrogen and oxygen atoms in total. The van der Waals surface area contributed by atoms with Crippen LogP contribution >= 0.6 is 0 Å². The molecular formula is C14H10N2O. The van der Waals surface area contributed by atoms with E-state index in [2.05, 4.69) is 10.9 Å². The first-order chi connectivity index (χ1) is 8.22. The van der Waals surface area contributed by atoms with E-state index in [0.717, 1.165) is 11.3 Å². The monoisotopic (exact) mass is 222 g/mol. The Balaban J connectivity index is 2.54. The maximum absolute atomic E-state index is 11.1. The van der Waals surface area contributed by atoms with Crippen LogP contribution in [0, 0.1) is 12.3 Å². The van der Waals surface area contributed by atoms with Gasteiger partial charge in [-0.15, -0.1) is 6.42 Å². The first-order valence-corrected chi connectivity index (χ1v) is 5.05. The van der Waals surface area contributed by atoms with Gasteiger partial charge in [-0.3, -0.25) is 4.79 Å². The van der Waals surface area contributed by atoms with Gasteiger partial charge in [-0.2, -0.15) is 0 Å². The summed E-state index contributed by atoms with van der Waals surface area (Å²) < 4.78 is 0. The molecule has 1 aromatic heterocycles. The first kappa shape index (κ1) is 10.9. The maximum Gasteiger partial charge on any atom is 0.251 e. The number of aromatic nitrogens is 1. The van der Waals surface area contributed by atoms with Crippen LogP contribution in [0.5, 0.6) is 0 Å². The van der Waals surface area contributed by atoms with Gasteiger partial charge >= 0.3 is 0 Å². The van der Waals surface area contributed by atoms with Crippen LogP contribution in [0.2, 0.25) is 0 Å². The summed E-state index contributed by atoms with van der Waals surface area (Å²) in [6, 6.07) is 12.9. The summed E-state index contributed by atoms with van der Waals surface area (Å²) in [7, 11) is 0. The third-order valence-electron chi connectivity index (χ3n) is 2.37. The number of hydrogen-bond donors (Lipinski definition) is 1. The van der Waals surface area contributed by atoms with Crippen LogP contribution in [0.4, 0.5) is 0 Å². The average Bonchev–Trinajstić information content (AvgIpc) is 2.39. The van der Waals surface area contributed by atoms with Crippen molar-refractivity contribution in [1.82, 2.24) is 4.98 Å². The smallest absolute Gasteiger partial charge is 0.251 e. The zero-order valence-electron chi connectivity index (χ0n) is 9.05. The van der Waals surface area contributed by atoms with Crippen LogP contribution < -0.4 is 5.73 Å². The lowest BCUT2D eigenvalue weighted by molar-refractivity contribution is 0.1000. The zero-order valence-corrected chi connectivity index (χ0v) is 9.05. The SMILES string of the molecule is C#Cc1nc(-c2ccccc2)ccc1C(N)=O. The molecule has 82 valence electrons. The highest BCUT2D eigenvalue weighted by molar-refractivity contribution is 5.95. The number of hydrogen-bond acceptors (Lipinski definition) is 2. The standard InChI is InChI=1S/C14H10N2O/c1-2-12-11(14(15)17)8-9-13(16-12)10-6-4-3-5-7-10/h1,3-9H,(H2,15,17). The topological polar surface area (TPSA) is 56.0 Å². The first-order valence-electron chi connectivity index (χ1n) is 5.05. The molecule has 1 heterocycles. The zero-order chi connectivity index (χ0) is 12.3. The van der Waals surface area contributed by atoms with E-state index in [9.17, 15) is 4.79 Å². The van der Waals surface area contributed by atoms with Crippen LogP contribution in [-0.4, -0.2) is 10.9 Å². The summed E-state index contributed by atoms with van der Waals surface area (Å²) in [5.41, 5.74) is 7.42. The molecule has 2 N–H and O–H groups in total. The van der Waals surface area contributed by atoms with E-state index in [1.165, 1.54) is 0 Å². The number of carbonyl (C=O) groups excluding carboxylic acids is 1. The Bertz CT molecular complexity index is 597. The lowest BCUT2D eigenvalue weighted by Gasteiger charge is -2.04. The van der Waals surface area contributed by atoms with Crippen molar-refractivity contribution in [3.05, 3.63) is 53.7 Å². The molecule has 0 fully saturated rings. The molecule has 1 amide bonds. The van der Waals surface area contributed by atoms with Gasteiger partial charge in [0.1, 0.15) is 5.69 Å². The highest BCUT2D eigenvalue weighted by atomic mass is 16.1. The molecule has 2 aromatic rings. The molecule has 0 saturated heterocycles. The van der Waals surface area contributed by atoms with Crippen molar-refractivity contribution in [2.75, 3.05) is 0 Å². The van der Waals surface area contributed by atoms with Gasteiger partial charge in [-0.25, -0.2) is 4.98 Å². The van der Waals surface area contributed by atoms with Crippen LogP contribution in [0.15, 0.2) is 42.5 Å². The number of rotatable bonds is 2. The third-order valence-corrected chi connectivity index (χ3v) is 2.37. The fraction of sp³-hybridized carbons (Fsp3) is 0. The van der Waals surface area contributed by atoms with Crippen molar-refractivity contribution in [2.45, 2.75) is 0 Å². The molecule has 0 spiro atoms. The summed E-state index contributed by atoms with van der Waals surface area (Å²) >= 11 is 0. The van der Waals surface area contributed by atoms with Crippen LogP contribution in [0.3, 0.4) is 0 Å². The van der Waals surface area contributed by atoms with Gasteiger partial charge in [0.15, 0.2) is 0 Å². The van der Waals surface area contributed by atoms with Crippen LogP contribution in [0.25, 0.3) is 11.3 Å². The van der Waals surface area contributed by atoms with E-state index in [1.807, 2.05) is 30.3 Å². The number of primary amides is 1. The largest absolute Gasteiger partial charge is 0.366 e. The van der Waals surface area contributed by atoms with E-state index in [1.54, 1.807) is 12.1 Å². The summed E-state index contributed by atoms with van der Waals surface area (Å²) in [5.74, 6) is 1.81. The highest BCUT2D eigenvalue weighted by Gasteiger charge is 2.09. The molecule has 0 saturated carbocycles. The number of terminal acetylenes is 1. The van der Waals surface area contributed by atoms with Crippen LogP contribution in [-0.2, 0) is 0 Å². The molecule has 0 aliphatic rings. The molecule has 0 radical (unpaired) electrons. The Labute approximate surface area is 99.3 Å². The van der Waals surface area contributed by atoms with Gasteiger partial charge in [0.25, 0.3) is 5.91 Å². The van der Waals surface area contributed by atoms with Gasteiger partial charge in [-0.1, -0.05) is 30.3 Å². The number of carbonyl (C=O) groups is 1. The number of nitrogens with two attached hydrogens (primary N) is 1. The maximum atomic E-state index is 11.1. The molecule has 3 heteroatoms. The Morgan fingerprint density at radius 2 is 1.88 bits per heavy atom. The second-order valence-corrected chi connectivity index (χ2v) is 3.47. The minimum atomic E-state index is -0.565. The van der Waals surface area contributed by atoms with E-state index in [4.69, 9.17) is 12.2 Å². The Kier molecular flexibility index (Phi) is 2.89. The predicted molar refractivity (Wildman–Crippen MR) is 66.1 cm³/mol. The minimum absolute atomic E-state index is 0.271. The van der Waals surface area contributed by atoms with Gasteiger partial charge < -0.3 is 5.73 Å². The molecule has 0 bridgehead atoms. The fourth-order valence-electron chi connectivity index (χ4n) is 1.54. The number of pyridine rings is 1. The number of nitrogens with zero attached hydrogens (tertiary/aromatic N) is 1. The summed E-state index contributed by atoms with van der Waals surface area (Å²) in [6.45, 7) is 0. The summed E-state index contributed by atoms with van der Waals surface area (Å²) in [6.07, 6.45) is 5.32. The lowest BCUT2D eigenvalue weighted by Crippen LogP contribution is -2.13. The molecule has 0 aliphatic carbocycles. The van der Waals surface area contributed by atoms with E-state index < -0.39 is 5.91 Å². The van der Waals surface area contributed by atoms with E-state index in [-0.39, 0.29) is 11.3 Å². The van der Waals surface area contributed by atoms with Gasteiger partial charge in [0.05, 0.1) is 11.3 Å². The van der Waals surface area contributed by atoms with Crippen LogP contribution in [0.1, 0.15) is 16.1 Å². The van der Waals surface area contributed by atoms with Gasteiger partial charge in [-0.05, 0) is 18.1 Å². The molecule has 0 atom stereocenters. The van der Waals surface area contributed by atoms with Gasteiger partial charge in [0, 0.05) is 5.56 Å². The second kappa shape index (κ2) is 4.50. The second-order valence-electron chi connectivity index (χ2n) is 3.47. The third kappa shape index (κ3) is 2.16. The van der Waals surface area contributed by atoms with E-state index >= 15 is 0 Å². The number of benzene rings is 1. The summed E-state index contributed by atoms with van der Waals surface area (Å²) in [4.78, 5) is 15.4. The Morgan fingerprint density at radius 3 is 2.47 bits per heavy atom. The minimum Gasteiger partial charge on any atom is -0.366 e. The number of amides is 1. The highest BCUT2D eigenvalue weighted by Crippen LogP contribution is 2.18. The summed E-state index contributed by atoms with van der Waals surface area (Å²) in [5, 5.41) is 0. The molecule has 0 unspecified atom stereocenters. The van der Waals surface area contributed by atoms with Crippen molar-refractivity contribution in [1.29, 1.82) is 0 Å². The quantitative estimate of drug-likeness (QED) is 0.788. The van der Waals surface area contributed by atoms with Crippen molar-refractivity contribution in [3.63, 3.8) is 0 Å². The average molecular weight is 222 g/mol. The van der Waals surface area contributed by atoms with Crippen molar-refractivity contribution in [2.24, 2.45) is 5.73 Å². The van der Waals surface area contributed by atoms with Crippen molar-refractivity contribution < 1.29 is 4.79 Å². The molecule has 1 aromatic carbocycles. The Hall–Kier alpha value is -2.60. The van der Waals surface area contributed by atoms with E-state index in [0.29, 0.717) is 0 Å². The molecule has 2 rings (SSSR count). The predicted octanol–water partition coefficient (Wildman–Crippen LogP) is 1.83. The van der Waals surface area contributed by atoms with Crippen molar-refractivity contribution >= 4 is 5.91 Å². The fourth-order valence-corrected chi connectivity index (χ4v) is 1.54. The molecule has 17 heavy (non-hydrogen) atoms. The van der Waals surface area contributed by atoms with Crippen molar-refractivity contribution in [3.8, 4) is 23.6 Å². The molecular weight excluding hydrogens is 212 g/mol. The molecule has 0 aliphatic heterocycles.